The molecule has 0 amide bonds. The van der Waals surface area contributed by atoms with E-state index in [0.717, 1.165) is 0 Å². The summed E-state index contributed by atoms with van der Waals surface area (Å²) in [6.07, 6.45) is 0. The second-order valence-corrected chi connectivity index (χ2v) is 7.30. The number of rotatable bonds is 0. The molecule has 0 spiro atoms. The van der Waals surface area contributed by atoms with Crippen LogP contribution in [-0.2, 0) is 0 Å². The summed E-state index contributed by atoms with van der Waals surface area (Å²) in [5.74, 6) is 0. The van der Waals surface area contributed by atoms with Gasteiger partial charge in [0.05, 0.1) is 0 Å². The lowest BCUT2D eigenvalue weighted by atomic mass is 9.90. The Hall–Kier alpha value is 0.180. The highest BCUT2D eigenvalue weighted by molar-refractivity contribution is 8.06. The van der Waals surface area contributed by atoms with Crippen molar-refractivity contribution in [2.75, 3.05) is 0 Å². The normalized spacial score (nSPS) is 29.7. The largest absolute Gasteiger partial charge is 0.123 e. The Labute approximate surface area is 82.9 Å². The number of hydrogen-bond acceptors (Lipinski definition) is 2. The summed E-state index contributed by atoms with van der Waals surface area (Å²) < 4.78 is 0.631. The molecule has 0 radical (unpaired) electrons. The van der Waals surface area contributed by atoms with Crippen LogP contribution in [0.4, 0.5) is 0 Å². The van der Waals surface area contributed by atoms with Crippen LogP contribution < -0.4 is 0 Å². The van der Waals surface area contributed by atoms with E-state index >= 15 is 0 Å². The second kappa shape index (κ2) is 2.36. The van der Waals surface area contributed by atoms with E-state index in [4.69, 9.17) is 0 Å². The number of thioether (sulfide) groups is 2. The summed E-state index contributed by atoms with van der Waals surface area (Å²) in [5.41, 5.74) is 3.09. The van der Waals surface area contributed by atoms with Gasteiger partial charge in [0.15, 0.2) is 0 Å². The maximum absolute atomic E-state index is 2.34. The van der Waals surface area contributed by atoms with Crippen LogP contribution in [0.5, 0.6) is 0 Å². The second-order valence-electron chi connectivity index (χ2n) is 4.32. The van der Waals surface area contributed by atoms with Gasteiger partial charge in [-0.15, -0.1) is 23.5 Å². The van der Waals surface area contributed by atoms with Crippen LogP contribution in [0.2, 0.25) is 0 Å². The van der Waals surface area contributed by atoms with Gasteiger partial charge in [0.1, 0.15) is 0 Å². The summed E-state index contributed by atoms with van der Waals surface area (Å²) >= 11 is 3.90. The van der Waals surface area contributed by atoms with E-state index in [1.54, 1.807) is 11.1 Å². The minimum atomic E-state index is 0.316. The zero-order valence-electron chi connectivity index (χ0n) is 7.97. The number of fused-ring (bicyclic) bond motifs is 1. The molecular formula is C10H14S2. The molecule has 0 nitrogen and oxygen atoms in total. The molecule has 0 N–H and O–H groups in total. The van der Waals surface area contributed by atoms with Crippen LogP contribution in [0.15, 0.2) is 22.0 Å². The predicted octanol–water partition coefficient (Wildman–Crippen LogP) is 3.81. The van der Waals surface area contributed by atoms with Crippen molar-refractivity contribution in [3.63, 3.8) is 0 Å². The zero-order valence-corrected chi connectivity index (χ0v) is 9.60. The number of hydrogen-bond donors (Lipinski definition) is 0. The molecule has 66 valence electrons. The molecule has 0 aromatic heterocycles. The highest BCUT2D eigenvalue weighted by atomic mass is 32.2. The van der Waals surface area contributed by atoms with Gasteiger partial charge in [0, 0.05) is 9.49 Å². The fourth-order valence-electron chi connectivity index (χ4n) is 1.60. The van der Waals surface area contributed by atoms with E-state index in [1.165, 1.54) is 0 Å². The van der Waals surface area contributed by atoms with Crippen molar-refractivity contribution >= 4 is 23.5 Å². The van der Waals surface area contributed by atoms with Crippen LogP contribution in [0.1, 0.15) is 27.7 Å². The molecule has 2 heterocycles. The highest BCUT2D eigenvalue weighted by Crippen LogP contribution is 2.56. The minimum Gasteiger partial charge on any atom is -0.123 e. The smallest absolute Gasteiger partial charge is 0.0401 e. The third-order valence-electron chi connectivity index (χ3n) is 2.53. The van der Waals surface area contributed by atoms with E-state index in [0.29, 0.717) is 9.49 Å². The van der Waals surface area contributed by atoms with Crippen molar-refractivity contribution in [2.24, 2.45) is 0 Å². The molecule has 0 saturated heterocycles. The SMILES string of the molecule is CC1(C)SC=C2C1=CSC2(C)C. The molecule has 0 saturated carbocycles. The van der Waals surface area contributed by atoms with Gasteiger partial charge in [-0.05, 0) is 49.7 Å². The van der Waals surface area contributed by atoms with Crippen LogP contribution >= 0.6 is 23.5 Å². The highest BCUT2D eigenvalue weighted by Gasteiger charge is 2.42. The van der Waals surface area contributed by atoms with Crippen LogP contribution in [-0.4, -0.2) is 9.49 Å². The lowest BCUT2D eigenvalue weighted by Gasteiger charge is -2.21. The molecule has 2 rings (SSSR count). The Bertz CT molecular complexity index is 252. The average Bonchev–Trinajstić information content (AvgIpc) is 2.36. The maximum atomic E-state index is 2.34. The minimum absolute atomic E-state index is 0.316. The topological polar surface area (TPSA) is 0 Å². The summed E-state index contributed by atoms with van der Waals surface area (Å²) in [4.78, 5) is 0. The molecule has 2 aliphatic heterocycles. The molecule has 2 aliphatic rings. The molecule has 0 atom stereocenters. The van der Waals surface area contributed by atoms with Crippen molar-refractivity contribution in [2.45, 2.75) is 37.2 Å². The Balaban J connectivity index is 2.41. The predicted molar refractivity (Wildman–Crippen MR) is 59.5 cm³/mol. The Kier molecular flexibility index (Phi) is 1.72. The molecule has 0 unspecified atom stereocenters. The fraction of sp³-hybridized carbons (Fsp3) is 0.600. The monoisotopic (exact) mass is 198 g/mol. The molecule has 0 fully saturated rings. The van der Waals surface area contributed by atoms with E-state index in [2.05, 4.69) is 38.5 Å². The van der Waals surface area contributed by atoms with E-state index < -0.39 is 0 Å². The first-order valence-corrected chi connectivity index (χ1v) is 5.97. The lowest BCUT2D eigenvalue weighted by molar-refractivity contribution is 0.799. The van der Waals surface area contributed by atoms with Gasteiger partial charge >= 0.3 is 0 Å². The van der Waals surface area contributed by atoms with Crippen LogP contribution in [0.3, 0.4) is 0 Å². The molecule has 0 aromatic carbocycles. The average molecular weight is 198 g/mol. The molecule has 0 aliphatic carbocycles. The quantitative estimate of drug-likeness (QED) is 0.580. The first kappa shape index (κ1) is 8.76. The van der Waals surface area contributed by atoms with Gasteiger partial charge in [0.2, 0.25) is 0 Å². The van der Waals surface area contributed by atoms with Crippen LogP contribution in [0, 0.1) is 0 Å². The summed E-state index contributed by atoms with van der Waals surface area (Å²) in [5, 5.41) is 4.68. The third-order valence-corrected chi connectivity index (χ3v) is 4.86. The Morgan fingerprint density at radius 2 is 1.17 bits per heavy atom. The summed E-state index contributed by atoms with van der Waals surface area (Å²) in [7, 11) is 0. The molecule has 12 heavy (non-hydrogen) atoms. The van der Waals surface area contributed by atoms with Crippen molar-refractivity contribution in [1.82, 2.24) is 0 Å². The zero-order chi connectivity index (χ0) is 8.98. The van der Waals surface area contributed by atoms with Gasteiger partial charge < -0.3 is 0 Å². The van der Waals surface area contributed by atoms with Crippen molar-refractivity contribution in [3.8, 4) is 0 Å². The van der Waals surface area contributed by atoms with E-state index in [-0.39, 0.29) is 0 Å². The Morgan fingerprint density at radius 1 is 0.833 bits per heavy atom. The van der Waals surface area contributed by atoms with Crippen molar-refractivity contribution in [3.05, 3.63) is 22.0 Å². The third kappa shape index (κ3) is 1.08. The molecular weight excluding hydrogens is 184 g/mol. The van der Waals surface area contributed by atoms with Gasteiger partial charge in [-0.25, -0.2) is 0 Å². The fourth-order valence-corrected chi connectivity index (χ4v) is 4.01. The summed E-state index contributed by atoms with van der Waals surface area (Å²) in [6.45, 7) is 9.20. The lowest BCUT2D eigenvalue weighted by Crippen LogP contribution is -2.18. The van der Waals surface area contributed by atoms with Gasteiger partial charge in [-0.1, -0.05) is 0 Å². The van der Waals surface area contributed by atoms with Crippen molar-refractivity contribution in [1.29, 1.82) is 0 Å². The summed E-state index contributed by atoms with van der Waals surface area (Å²) in [6, 6.07) is 0. The van der Waals surface area contributed by atoms with Gasteiger partial charge in [0.25, 0.3) is 0 Å². The van der Waals surface area contributed by atoms with E-state index in [9.17, 15) is 0 Å². The van der Waals surface area contributed by atoms with Gasteiger partial charge in [-0.3, -0.25) is 0 Å². The maximum Gasteiger partial charge on any atom is 0.0401 e. The standard InChI is InChI=1S/C10H14S2/c1-9(2)7-5-12-10(3,4)8(7)6-11-9/h5-6H,1-4H3. The molecule has 2 heteroatoms. The first-order valence-electron chi connectivity index (χ1n) is 4.21. The molecule has 0 bridgehead atoms. The Morgan fingerprint density at radius 3 is 1.50 bits per heavy atom. The van der Waals surface area contributed by atoms with Crippen molar-refractivity contribution < 1.29 is 0 Å². The van der Waals surface area contributed by atoms with Crippen LogP contribution in [0.25, 0.3) is 0 Å². The van der Waals surface area contributed by atoms with E-state index in [1.807, 2.05) is 23.5 Å². The first-order chi connectivity index (χ1) is 5.43. The van der Waals surface area contributed by atoms with Gasteiger partial charge in [-0.2, -0.15) is 0 Å². The molecule has 0 aromatic rings.